The topological polar surface area (TPSA) is 49.3 Å². The SMILES string of the molecule is CC(CC(=O)NCCO)c1ccccc1. The van der Waals surface area contributed by atoms with Gasteiger partial charge in [-0.25, -0.2) is 0 Å². The largest absolute Gasteiger partial charge is 0.395 e. The highest BCUT2D eigenvalue weighted by Crippen LogP contribution is 2.17. The lowest BCUT2D eigenvalue weighted by Gasteiger charge is -2.11. The molecule has 1 aromatic carbocycles. The first-order valence-corrected chi connectivity index (χ1v) is 5.16. The molecule has 1 atom stereocenters. The van der Waals surface area contributed by atoms with Crippen LogP contribution in [0.1, 0.15) is 24.8 Å². The Kier molecular flexibility index (Phi) is 4.84. The first-order valence-electron chi connectivity index (χ1n) is 5.16. The van der Waals surface area contributed by atoms with E-state index in [1.54, 1.807) is 0 Å². The fraction of sp³-hybridized carbons (Fsp3) is 0.417. The highest BCUT2D eigenvalue weighted by atomic mass is 16.3. The molecule has 0 aliphatic rings. The zero-order chi connectivity index (χ0) is 11.1. The van der Waals surface area contributed by atoms with E-state index in [0.717, 1.165) is 5.56 Å². The zero-order valence-corrected chi connectivity index (χ0v) is 8.94. The van der Waals surface area contributed by atoms with Gasteiger partial charge in [0.25, 0.3) is 0 Å². The fourth-order valence-corrected chi connectivity index (χ4v) is 1.45. The van der Waals surface area contributed by atoms with Gasteiger partial charge in [-0.05, 0) is 11.5 Å². The van der Waals surface area contributed by atoms with Crippen LogP contribution in [0.3, 0.4) is 0 Å². The second kappa shape index (κ2) is 6.19. The van der Waals surface area contributed by atoms with Crippen molar-refractivity contribution >= 4 is 5.91 Å². The van der Waals surface area contributed by atoms with Crippen LogP contribution in [0.15, 0.2) is 30.3 Å². The molecule has 0 saturated heterocycles. The summed E-state index contributed by atoms with van der Waals surface area (Å²) in [6.07, 6.45) is 0.462. The van der Waals surface area contributed by atoms with Crippen LogP contribution in [0.25, 0.3) is 0 Å². The number of carbonyl (C=O) groups excluding carboxylic acids is 1. The van der Waals surface area contributed by atoms with Crippen molar-refractivity contribution in [3.63, 3.8) is 0 Å². The number of hydrogen-bond donors (Lipinski definition) is 2. The Morgan fingerprint density at radius 3 is 2.67 bits per heavy atom. The predicted octanol–water partition coefficient (Wildman–Crippen LogP) is 1.29. The van der Waals surface area contributed by atoms with Crippen LogP contribution in [-0.2, 0) is 4.79 Å². The van der Waals surface area contributed by atoms with E-state index in [1.165, 1.54) is 0 Å². The Morgan fingerprint density at radius 2 is 2.07 bits per heavy atom. The highest BCUT2D eigenvalue weighted by Gasteiger charge is 2.09. The van der Waals surface area contributed by atoms with E-state index in [2.05, 4.69) is 5.32 Å². The Bertz CT molecular complexity index is 298. The average Bonchev–Trinajstić information content (AvgIpc) is 2.27. The molecule has 1 unspecified atom stereocenters. The van der Waals surface area contributed by atoms with Gasteiger partial charge in [0.2, 0.25) is 5.91 Å². The van der Waals surface area contributed by atoms with E-state index in [1.807, 2.05) is 37.3 Å². The Morgan fingerprint density at radius 1 is 1.40 bits per heavy atom. The van der Waals surface area contributed by atoms with Crippen molar-refractivity contribution in [3.8, 4) is 0 Å². The number of carbonyl (C=O) groups is 1. The van der Waals surface area contributed by atoms with Crippen molar-refractivity contribution in [1.29, 1.82) is 0 Å². The van der Waals surface area contributed by atoms with E-state index in [4.69, 9.17) is 5.11 Å². The van der Waals surface area contributed by atoms with E-state index in [-0.39, 0.29) is 18.4 Å². The molecule has 0 aromatic heterocycles. The smallest absolute Gasteiger partial charge is 0.220 e. The normalized spacial score (nSPS) is 12.1. The molecule has 0 bridgehead atoms. The summed E-state index contributed by atoms with van der Waals surface area (Å²) in [6, 6.07) is 9.94. The van der Waals surface area contributed by atoms with Crippen LogP contribution in [0, 0.1) is 0 Å². The van der Waals surface area contributed by atoms with Gasteiger partial charge in [0.15, 0.2) is 0 Å². The molecule has 3 nitrogen and oxygen atoms in total. The van der Waals surface area contributed by atoms with Crippen LogP contribution < -0.4 is 5.32 Å². The van der Waals surface area contributed by atoms with Gasteiger partial charge in [-0.15, -0.1) is 0 Å². The molecule has 0 heterocycles. The number of hydrogen-bond acceptors (Lipinski definition) is 2. The molecular formula is C12H17NO2. The Balaban J connectivity index is 2.42. The molecule has 0 saturated carbocycles. The monoisotopic (exact) mass is 207 g/mol. The lowest BCUT2D eigenvalue weighted by Crippen LogP contribution is -2.27. The third-order valence-electron chi connectivity index (χ3n) is 2.29. The lowest BCUT2D eigenvalue weighted by molar-refractivity contribution is -0.121. The minimum Gasteiger partial charge on any atom is -0.395 e. The fourth-order valence-electron chi connectivity index (χ4n) is 1.45. The molecule has 15 heavy (non-hydrogen) atoms. The lowest BCUT2D eigenvalue weighted by atomic mass is 9.98. The van der Waals surface area contributed by atoms with Crippen molar-refractivity contribution in [2.75, 3.05) is 13.2 Å². The number of aliphatic hydroxyl groups is 1. The number of aliphatic hydroxyl groups excluding tert-OH is 1. The molecule has 0 aliphatic carbocycles. The van der Waals surface area contributed by atoms with Crippen molar-refractivity contribution < 1.29 is 9.90 Å². The minimum absolute atomic E-state index is 0.00847. The molecule has 0 aliphatic heterocycles. The van der Waals surface area contributed by atoms with Gasteiger partial charge in [-0.2, -0.15) is 0 Å². The Hall–Kier alpha value is -1.35. The van der Waals surface area contributed by atoms with E-state index < -0.39 is 0 Å². The minimum atomic E-state index is -0.0135. The van der Waals surface area contributed by atoms with Gasteiger partial charge < -0.3 is 10.4 Å². The van der Waals surface area contributed by atoms with Crippen LogP contribution in [-0.4, -0.2) is 24.2 Å². The molecule has 2 N–H and O–H groups in total. The average molecular weight is 207 g/mol. The van der Waals surface area contributed by atoms with Crippen LogP contribution in [0.5, 0.6) is 0 Å². The maximum atomic E-state index is 11.4. The first-order chi connectivity index (χ1) is 7.24. The molecular weight excluding hydrogens is 190 g/mol. The predicted molar refractivity (Wildman–Crippen MR) is 59.6 cm³/mol. The van der Waals surface area contributed by atoms with E-state index >= 15 is 0 Å². The molecule has 0 spiro atoms. The summed E-state index contributed by atoms with van der Waals surface area (Å²) in [4.78, 5) is 11.4. The number of rotatable bonds is 5. The first kappa shape index (κ1) is 11.7. The van der Waals surface area contributed by atoms with Gasteiger partial charge in [0.05, 0.1) is 6.61 Å². The number of amides is 1. The summed E-state index contributed by atoms with van der Waals surface area (Å²) >= 11 is 0. The van der Waals surface area contributed by atoms with Crippen LogP contribution in [0.2, 0.25) is 0 Å². The van der Waals surface area contributed by atoms with Gasteiger partial charge in [0.1, 0.15) is 0 Å². The summed E-state index contributed by atoms with van der Waals surface area (Å²) in [5.41, 5.74) is 1.16. The van der Waals surface area contributed by atoms with Gasteiger partial charge in [-0.3, -0.25) is 4.79 Å². The summed E-state index contributed by atoms with van der Waals surface area (Å²) in [5, 5.41) is 11.2. The van der Waals surface area contributed by atoms with Gasteiger partial charge in [-0.1, -0.05) is 37.3 Å². The maximum Gasteiger partial charge on any atom is 0.220 e. The zero-order valence-electron chi connectivity index (χ0n) is 8.94. The standard InChI is InChI=1S/C12H17NO2/c1-10(9-12(15)13-7-8-14)11-5-3-2-4-6-11/h2-6,10,14H,7-9H2,1H3,(H,13,15). The highest BCUT2D eigenvalue weighted by molar-refractivity contribution is 5.76. The molecule has 0 radical (unpaired) electrons. The summed E-state index contributed by atoms with van der Waals surface area (Å²) in [5.74, 6) is 0.199. The molecule has 3 heteroatoms. The number of benzene rings is 1. The molecule has 0 fully saturated rings. The van der Waals surface area contributed by atoms with E-state index in [9.17, 15) is 4.79 Å². The summed E-state index contributed by atoms with van der Waals surface area (Å²) in [7, 11) is 0. The maximum absolute atomic E-state index is 11.4. The molecule has 1 aromatic rings. The number of nitrogens with one attached hydrogen (secondary N) is 1. The van der Waals surface area contributed by atoms with Gasteiger partial charge >= 0.3 is 0 Å². The molecule has 82 valence electrons. The third kappa shape index (κ3) is 4.13. The van der Waals surface area contributed by atoms with E-state index in [0.29, 0.717) is 13.0 Å². The van der Waals surface area contributed by atoms with Crippen molar-refractivity contribution in [2.45, 2.75) is 19.3 Å². The third-order valence-corrected chi connectivity index (χ3v) is 2.29. The van der Waals surface area contributed by atoms with Crippen LogP contribution >= 0.6 is 0 Å². The van der Waals surface area contributed by atoms with Crippen molar-refractivity contribution in [3.05, 3.63) is 35.9 Å². The molecule has 1 rings (SSSR count). The second-order valence-corrected chi connectivity index (χ2v) is 3.59. The summed E-state index contributed by atoms with van der Waals surface area (Å²) in [6.45, 7) is 2.35. The summed E-state index contributed by atoms with van der Waals surface area (Å²) < 4.78 is 0. The van der Waals surface area contributed by atoms with Crippen molar-refractivity contribution in [1.82, 2.24) is 5.32 Å². The second-order valence-electron chi connectivity index (χ2n) is 3.59. The molecule has 1 amide bonds. The Labute approximate surface area is 90.1 Å². The van der Waals surface area contributed by atoms with Crippen molar-refractivity contribution in [2.24, 2.45) is 0 Å². The van der Waals surface area contributed by atoms with Gasteiger partial charge in [0, 0.05) is 13.0 Å². The quantitative estimate of drug-likeness (QED) is 0.764. The van der Waals surface area contributed by atoms with Crippen LogP contribution in [0.4, 0.5) is 0 Å².